The van der Waals surface area contributed by atoms with Crippen LogP contribution in [0.5, 0.6) is 0 Å². The second-order valence-electron chi connectivity index (χ2n) is 3.86. The fraction of sp³-hybridized carbons (Fsp3) is 0.545. The van der Waals surface area contributed by atoms with Gasteiger partial charge >= 0.3 is 5.97 Å². The van der Waals surface area contributed by atoms with Gasteiger partial charge in [-0.15, -0.1) is 11.3 Å². The Labute approximate surface area is 111 Å². The lowest BCUT2D eigenvalue weighted by Crippen LogP contribution is -2.41. The van der Waals surface area contributed by atoms with Gasteiger partial charge in [-0.25, -0.2) is 8.42 Å². The predicted octanol–water partition coefficient (Wildman–Crippen LogP) is 1.79. The minimum absolute atomic E-state index is 0.196. The molecule has 1 N–H and O–H groups in total. The summed E-state index contributed by atoms with van der Waals surface area (Å²) in [6.45, 7) is 3.59. The fourth-order valence-corrected chi connectivity index (χ4v) is 4.45. The number of hydrogen-bond acceptors (Lipinski definition) is 4. The Morgan fingerprint density at radius 1 is 1.44 bits per heavy atom. The zero-order valence-electron chi connectivity index (χ0n) is 10.6. The van der Waals surface area contributed by atoms with Crippen LogP contribution in [0.3, 0.4) is 0 Å². The topological polar surface area (TPSA) is 74.7 Å². The van der Waals surface area contributed by atoms with E-state index in [1.54, 1.807) is 13.0 Å². The van der Waals surface area contributed by atoms with E-state index in [4.69, 9.17) is 5.11 Å². The normalized spacial score (nSPS) is 13.8. The lowest BCUT2D eigenvalue weighted by Gasteiger charge is -2.22. The third kappa shape index (κ3) is 2.90. The summed E-state index contributed by atoms with van der Waals surface area (Å²) in [4.78, 5) is 12.0. The molecule has 1 rings (SSSR count). The smallest absolute Gasteiger partial charge is 0.321 e. The fourth-order valence-electron chi connectivity index (χ4n) is 1.58. The third-order valence-corrected chi connectivity index (χ3v) is 6.29. The number of nitrogens with zero attached hydrogens (tertiary/aromatic N) is 1. The predicted molar refractivity (Wildman–Crippen MR) is 70.4 cm³/mol. The van der Waals surface area contributed by atoms with Gasteiger partial charge in [0.1, 0.15) is 10.3 Å². The molecule has 0 amide bonds. The highest BCUT2D eigenvalue weighted by Crippen LogP contribution is 2.26. The summed E-state index contributed by atoms with van der Waals surface area (Å²) in [7, 11) is -2.41. The average molecular weight is 291 g/mol. The zero-order chi connectivity index (χ0) is 13.9. The van der Waals surface area contributed by atoms with Crippen LogP contribution in [0.25, 0.3) is 0 Å². The zero-order valence-corrected chi connectivity index (χ0v) is 12.2. The number of thiophene rings is 1. The molecule has 18 heavy (non-hydrogen) atoms. The van der Waals surface area contributed by atoms with Gasteiger partial charge < -0.3 is 5.11 Å². The number of likely N-dealkylation sites (N-methyl/N-ethyl adjacent to an activating group) is 1. The van der Waals surface area contributed by atoms with E-state index >= 15 is 0 Å². The highest BCUT2D eigenvalue weighted by Gasteiger charge is 2.32. The van der Waals surface area contributed by atoms with E-state index in [-0.39, 0.29) is 10.6 Å². The van der Waals surface area contributed by atoms with Crippen molar-refractivity contribution in [3.05, 3.63) is 17.0 Å². The molecule has 1 aromatic rings. The SMILES string of the molecule is CCc1ccc(S(=O)(=O)N(C)C(CC)C(=O)O)s1. The molecule has 0 saturated heterocycles. The third-order valence-electron chi connectivity index (χ3n) is 2.73. The van der Waals surface area contributed by atoms with Crippen LogP contribution in [-0.2, 0) is 21.2 Å². The Morgan fingerprint density at radius 3 is 2.44 bits per heavy atom. The van der Waals surface area contributed by atoms with Gasteiger partial charge in [-0.05, 0) is 25.0 Å². The van der Waals surface area contributed by atoms with Crippen molar-refractivity contribution >= 4 is 27.3 Å². The first-order valence-electron chi connectivity index (χ1n) is 5.64. The van der Waals surface area contributed by atoms with Crippen LogP contribution in [0.1, 0.15) is 25.1 Å². The lowest BCUT2D eigenvalue weighted by molar-refractivity contribution is -0.141. The van der Waals surface area contributed by atoms with Gasteiger partial charge in [-0.2, -0.15) is 4.31 Å². The molecule has 7 heteroatoms. The maximum atomic E-state index is 12.2. The molecule has 102 valence electrons. The molecule has 1 aromatic heterocycles. The molecule has 0 aliphatic rings. The Morgan fingerprint density at radius 2 is 2.06 bits per heavy atom. The van der Waals surface area contributed by atoms with Crippen molar-refractivity contribution in [2.75, 3.05) is 7.05 Å². The standard InChI is InChI=1S/C11H17NO4S2/c1-4-8-6-7-10(17-8)18(15,16)12(3)9(5-2)11(13)14/h6-7,9H,4-5H2,1-3H3,(H,13,14). The van der Waals surface area contributed by atoms with Crippen molar-refractivity contribution in [1.29, 1.82) is 0 Å². The van der Waals surface area contributed by atoms with Crippen molar-refractivity contribution in [2.45, 2.75) is 36.9 Å². The Balaban J connectivity index is 3.09. The summed E-state index contributed by atoms with van der Waals surface area (Å²) in [5, 5.41) is 9.00. The number of hydrogen-bond donors (Lipinski definition) is 1. The molecular weight excluding hydrogens is 274 g/mol. The number of carboxylic acid groups (broad SMARTS) is 1. The minimum atomic E-state index is -3.71. The number of carboxylic acids is 1. The van der Waals surface area contributed by atoms with E-state index in [9.17, 15) is 13.2 Å². The molecule has 1 unspecified atom stereocenters. The summed E-state index contributed by atoms with van der Waals surface area (Å²) in [6.07, 6.45) is 0.997. The highest BCUT2D eigenvalue weighted by molar-refractivity contribution is 7.91. The van der Waals surface area contributed by atoms with Crippen molar-refractivity contribution in [3.8, 4) is 0 Å². The molecular formula is C11H17NO4S2. The van der Waals surface area contributed by atoms with Crippen molar-refractivity contribution in [2.24, 2.45) is 0 Å². The Bertz CT molecular complexity index is 521. The number of carbonyl (C=O) groups is 1. The first-order chi connectivity index (χ1) is 8.34. The Kier molecular flexibility index (Phi) is 4.89. The van der Waals surface area contributed by atoms with Gasteiger partial charge in [0.25, 0.3) is 10.0 Å². The Hall–Kier alpha value is -0.920. The van der Waals surface area contributed by atoms with Crippen LogP contribution in [0, 0.1) is 0 Å². The molecule has 5 nitrogen and oxygen atoms in total. The highest BCUT2D eigenvalue weighted by atomic mass is 32.2. The van der Waals surface area contributed by atoms with Crippen molar-refractivity contribution in [1.82, 2.24) is 4.31 Å². The first kappa shape index (κ1) is 15.1. The largest absolute Gasteiger partial charge is 0.480 e. The number of rotatable bonds is 6. The second kappa shape index (κ2) is 5.81. The molecule has 0 aromatic carbocycles. The summed E-state index contributed by atoms with van der Waals surface area (Å²) in [5.74, 6) is -1.13. The summed E-state index contributed by atoms with van der Waals surface area (Å²) < 4.78 is 25.6. The van der Waals surface area contributed by atoms with E-state index in [2.05, 4.69) is 0 Å². The van der Waals surface area contributed by atoms with E-state index in [1.165, 1.54) is 24.5 Å². The van der Waals surface area contributed by atoms with E-state index in [1.807, 2.05) is 6.92 Å². The van der Waals surface area contributed by atoms with Crippen LogP contribution in [0.4, 0.5) is 0 Å². The van der Waals surface area contributed by atoms with Gasteiger partial charge in [0, 0.05) is 11.9 Å². The number of aryl methyl sites for hydroxylation is 1. The first-order valence-corrected chi connectivity index (χ1v) is 7.89. The lowest BCUT2D eigenvalue weighted by atomic mass is 10.2. The number of sulfonamides is 1. The molecule has 1 heterocycles. The summed E-state index contributed by atoms with van der Waals surface area (Å²) in [5.41, 5.74) is 0. The van der Waals surface area contributed by atoms with Gasteiger partial charge in [-0.3, -0.25) is 4.79 Å². The molecule has 0 aliphatic heterocycles. The monoisotopic (exact) mass is 291 g/mol. The van der Waals surface area contributed by atoms with E-state index in [0.29, 0.717) is 0 Å². The molecule has 1 atom stereocenters. The second-order valence-corrected chi connectivity index (χ2v) is 7.25. The van der Waals surface area contributed by atoms with Crippen LogP contribution < -0.4 is 0 Å². The van der Waals surface area contributed by atoms with Crippen LogP contribution >= 0.6 is 11.3 Å². The average Bonchev–Trinajstić information content (AvgIpc) is 2.78. The molecule has 0 radical (unpaired) electrons. The van der Waals surface area contributed by atoms with Crippen molar-refractivity contribution < 1.29 is 18.3 Å². The number of aliphatic carboxylic acids is 1. The van der Waals surface area contributed by atoms with Gasteiger partial charge in [0.15, 0.2) is 0 Å². The quantitative estimate of drug-likeness (QED) is 0.867. The van der Waals surface area contributed by atoms with E-state index in [0.717, 1.165) is 15.6 Å². The molecule has 0 fully saturated rings. The van der Waals surface area contributed by atoms with Gasteiger partial charge in [-0.1, -0.05) is 13.8 Å². The van der Waals surface area contributed by atoms with Crippen molar-refractivity contribution in [3.63, 3.8) is 0 Å². The maximum absolute atomic E-state index is 12.2. The van der Waals surface area contributed by atoms with E-state index < -0.39 is 22.0 Å². The molecule has 0 aliphatic carbocycles. The van der Waals surface area contributed by atoms with Crippen LogP contribution in [0.15, 0.2) is 16.3 Å². The summed E-state index contributed by atoms with van der Waals surface area (Å²) >= 11 is 1.19. The molecule has 0 spiro atoms. The molecule has 0 bridgehead atoms. The maximum Gasteiger partial charge on any atom is 0.321 e. The van der Waals surface area contributed by atoms with Gasteiger partial charge in [0.05, 0.1) is 0 Å². The molecule has 0 saturated carbocycles. The van der Waals surface area contributed by atoms with Crippen LogP contribution in [-0.4, -0.2) is 36.9 Å². The van der Waals surface area contributed by atoms with Crippen LogP contribution in [0.2, 0.25) is 0 Å². The minimum Gasteiger partial charge on any atom is -0.480 e. The summed E-state index contributed by atoms with van der Waals surface area (Å²) in [6, 6.07) is 2.26. The van der Waals surface area contributed by atoms with Gasteiger partial charge in [0.2, 0.25) is 0 Å².